The fourth-order valence-electron chi connectivity index (χ4n) is 3.00. The van der Waals surface area contributed by atoms with Gasteiger partial charge in [0.25, 0.3) is 5.56 Å². The fraction of sp³-hybridized carbons (Fsp3) is 0.458. The summed E-state index contributed by atoms with van der Waals surface area (Å²) in [4.78, 5) is 37.9. The summed E-state index contributed by atoms with van der Waals surface area (Å²) in [6, 6.07) is 7.95. The molecule has 4 N–H and O–H groups in total. The van der Waals surface area contributed by atoms with Crippen molar-refractivity contribution in [2.24, 2.45) is 0 Å². The number of benzene rings is 1. The minimum Gasteiger partial charge on any atom is -0.462 e. The van der Waals surface area contributed by atoms with Crippen molar-refractivity contribution >= 4 is 13.7 Å². The lowest BCUT2D eigenvalue weighted by molar-refractivity contribution is -0.149. The van der Waals surface area contributed by atoms with Crippen LogP contribution in [0.15, 0.2) is 52.2 Å². The van der Waals surface area contributed by atoms with Crippen molar-refractivity contribution in [2.75, 3.05) is 13.2 Å². The Morgan fingerprint density at radius 3 is 2.45 bits per heavy atom. The number of carbonyl (C=O) groups excluding carboxylic acids is 1. The summed E-state index contributed by atoms with van der Waals surface area (Å²) in [5.41, 5.74) is -1.53. The number of H-pyrrole nitrogens is 1. The molecule has 0 amide bonds. The van der Waals surface area contributed by atoms with E-state index in [0.717, 1.165) is 16.8 Å². The molecule has 38 heavy (non-hydrogen) atoms. The molecule has 0 saturated heterocycles. The molecule has 2 rings (SSSR count). The van der Waals surface area contributed by atoms with Gasteiger partial charge in [-0.2, -0.15) is 5.09 Å². The average molecular weight is 554 g/mol. The van der Waals surface area contributed by atoms with Crippen molar-refractivity contribution in [1.82, 2.24) is 14.6 Å². The molecule has 0 aliphatic rings. The number of carbonyl (C=O) groups is 1. The molecule has 1 aromatic carbocycles. The van der Waals surface area contributed by atoms with Crippen LogP contribution in [0, 0.1) is 11.8 Å². The number of rotatable bonds is 14. The Bertz CT molecular complexity index is 1270. The van der Waals surface area contributed by atoms with Gasteiger partial charge in [-0.25, -0.2) is 9.36 Å². The highest BCUT2D eigenvalue weighted by Gasteiger charge is 2.35. The summed E-state index contributed by atoms with van der Waals surface area (Å²) in [6.45, 7) is 4.83. The third kappa shape index (κ3) is 9.57. The second-order valence-electron chi connectivity index (χ2n) is 8.20. The third-order valence-electron chi connectivity index (χ3n) is 4.73. The lowest BCUT2D eigenvalue weighted by atomic mass is 10.2. The van der Waals surface area contributed by atoms with Crippen LogP contribution in [0.1, 0.15) is 33.9 Å². The number of nitrogens with one attached hydrogen (secondary N) is 2. The summed E-state index contributed by atoms with van der Waals surface area (Å²) in [7, 11) is -4.32. The molecule has 14 heteroatoms. The van der Waals surface area contributed by atoms with Crippen molar-refractivity contribution in [3.8, 4) is 17.6 Å². The molecule has 0 aliphatic carbocycles. The molecule has 1 heterocycles. The SMILES string of the molecule is CC#C[C@H](O)[C@@H](COP(=O)(N[C@@H](C)C(=O)OC(C)C)Oc1ccccc1)O[C@H](CO)n1ccc(=O)[nH]c1=O. The maximum atomic E-state index is 13.7. The number of ether oxygens (including phenoxy) is 2. The van der Waals surface area contributed by atoms with Crippen LogP contribution in [0.5, 0.6) is 5.75 Å². The molecule has 13 nitrogen and oxygen atoms in total. The van der Waals surface area contributed by atoms with Crippen LogP contribution >= 0.6 is 7.75 Å². The molecule has 0 radical (unpaired) electrons. The number of nitrogens with zero attached hydrogens (tertiary/aromatic N) is 1. The van der Waals surface area contributed by atoms with Crippen molar-refractivity contribution in [3.05, 3.63) is 63.4 Å². The van der Waals surface area contributed by atoms with Crippen molar-refractivity contribution < 1.29 is 38.1 Å². The van der Waals surface area contributed by atoms with Gasteiger partial charge in [0.15, 0.2) is 6.23 Å². The fourth-order valence-corrected chi connectivity index (χ4v) is 4.51. The number of esters is 1. The summed E-state index contributed by atoms with van der Waals surface area (Å²) < 4.78 is 36.5. The molecule has 0 aliphatic heterocycles. The monoisotopic (exact) mass is 553 g/mol. The van der Waals surface area contributed by atoms with E-state index in [1.807, 2.05) is 4.98 Å². The molecule has 0 saturated carbocycles. The normalized spacial score (nSPS) is 15.9. The Morgan fingerprint density at radius 1 is 1.18 bits per heavy atom. The second kappa shape index (κ2) is 14.6. The van der Waals surface area contributed by atoms with E-state index >= 15 is 0 Å². The smallest absolute Gasteiger partial charge is 0.459 e. The quantitative estimate of drug-likeness (QED) is 0.149. The van der Waals surface area contributed by atoms with Gasteiger partial charge in [0.05, 0.1) is 19.3 Å². The molecule has 2 aromatic rings. The lowest BCUT2D eigenvalue weighted by Crippen LogP contribution is -2.41. The Morgan fingerprint density at radius 2 is 1.87 bits per heavy atom. The van der Waals surface area contributed by atoms with Gasteiger partial charge in [-0.05, 0) is 39.8 Å². The van der Waals surface area contributed by atoms with E-state index in [0.29, 0.717) is 0 Å². The summed E-state index contributed by atoms with van der Waals surface area (Å²) in [5, 5.41) is 22.9. The molecule has 0 bridgehead atoms. The van der Waals surface area contributed by atoms with Gasteiger partial charge in [0.1, 0.15) is 24.0 Å². The minimum absolute atomic E-state index is 0.159. The van der Waals surface area contributed by atoms with Gasteiger partial charge in [0, 0.05) is 12.3 Å². The Balaban J connectivity index is 2.31. The van der Waals surface area contributed by atoms with E-state index in [1.165, 1.54) is 26.0 Å². The van der Waals surface area contributed by atoms with E-state index in [-0.39, 0.29) is 5.75 Å². The van der Waals surface area contributed by atoms with E-state index < -0.39 is 68.8 Å². The number of aliphatic hydroxyl groups excluding tert-OH is 2. The molecule has 1 unspecified atom stereocenters. The van der Waals surface area contributed by atoms with Gasteiger partial charge in [0.2, 0.25) is 0 Å². The molecule has 1 aromatic heterocycles. The lowest BCUT2D eigenvalue weighted by Gasteiger charge is -2.28. The summed E-state index contributed by atoms with van der Waals surface area (Å²) in [6.07, 6.45) is -3.57. The van der Waals surface area contributed by atoms with Crippen LogP contribution in [0.3, 0.4) is 0 Å². The molecular formula is C24H32N3O10P. The number of aromatic amines is 1. The van der Waals surface area contributed by atoms with E-state index in [2.05, 4.69) is 16.9 Å². The van der Waals surface area contributed by atoms with E-state index in [1.54, 1.807) is 32.0 Å². The van der Waals surface area contributed by atoms with Gasteiger partial charge >= 0.3 is 19.4 Å². The first-order valence-electron chi connectivity index (χ1n) is 11.6. The number of aromatic nitrogens is 2. The standard InChI is InChI=1S/C24H32N3O10P/c1-5-9-19(29)20(36-22(14-28)27-13-12-21(30)25-24(27)32)15-34-38(33,37-18-10-7-6-8-11-18)26-17(4)23(31)35-16(2)3/h6-8,10-13,16-17,19-20,22,28-29H,14-15H2,1-4H3,(H,26,33)(H,25,30,32)/t17-,19-,20+,22+,38?/m0/s1. The predicted molar refractivity (Wildman–Crippen MR) is 136 cm³/mol. The topological polar surface area (TPSA) is 178 Å². The van der Waals surface area contributed by atoms with Gasteiger partial charge < -0.3 is 24.2 Å². The average Bonchev–Trinajstić information content (AvgIpc) is 2.85. The number of hydrogen-bond acceptors (Lipinski definition) is 10. The summed E-state index contributed by atoms with van der Waals surface area (Å²) in [5.74, 6) is 4.43. The first-order chi connectivity index (χ1) is 18.0. The van der Waals surface area contributed by atoms with Crippen LogP contribution in [0.2, 0.25) is 0 Å². The zero-order valence-electron chi connectivity index (χ0n) is 21.4. The minimum atomic E-state index is -4.32. The molecule has 0 fully saturated rings. The maximum Gasteiger partial charge on any atom is 0.459 e. The van der Waals surface area contributed by atoms with Crippen molar-refractivity contribution in [2.45, 2.75) is 58.3 Å². The first-order valence-corrected chi connectivity index (χ1v) is 13.2. The van der Waals surface area contributed by atoms with Gasteiger partial charge in [-0.3, -0.25) is 23.7 Å². The number of aliphatic hydroxyl groups is 2. The van der Waals surface area contributed by atoms with Crippen molar-refractivity contribution in [3.63, 3.8) is 0 Å². The van der Waals surface area contributed by atoms with Crippen LogP contribution in [-0.4, -0.2) is 63.3 Å². The van der Waals surface area contributed by atoms with E-state index in [4.69, 9.17) is 18.5 Å². The highest BCUT2D eigenvalue weighted by Crippen LogP contribution is 2.45. The highest BCUT2D eigenvalue weighted by molar-refractivity contribution is 7.52. The third-order valence-corrected chi connectivity index (χ3v) is 6.37. The number of para-hydroxylation sites is 1. The predicted octanol–water partition coefficient (Wildman–Crippen LogP) is 0.930. The Hall–Kier alpha value is -3.24. The Kier molecular flexibility index (Phi) is 11.9. The summed E-state index contributed by atoms with van der Waals surface area (Å²) >= 11 is 0. The second-order valence-corrected chi connectivity index (χ2v) is 9.90. The van der Waals surface area contributed by atoms with Gasteiger partial charge in [-0.1, -0.05) is 24.1 Å². The van der Waals surface area contributed by atoms with Crippen molar-refractivity contribution in [1.29, 1.82) is 0 Å². The van der Waals surface area contributed by atoms with Crippen LogP contribution in [-0.2, 0) is 23.4 Å². The maximum absolute atomic E-state index is 13.7. The number of hydrogen-bond donors (Lipinski definition) is 4. The largest absolute Gasteiger partial charge is 0.462 e. The van der Waals surface area contributed by atoms with Crippen LogP contribution in [0.25, 0.3) is 0 Å². The molecular weight excluding hydrogens is 521 g/mol. The highest BCUT2D eigenvalue weighted by atomic mass is 31.2. The van der Waals surface area contributed by atoms with Gasteiger partial charge in [-0.15, -0.1) is 5.92 Å². The van der Waals surface area contributed by atoms with Crippen LogP contribution < -0.4 is 20.9 Å². The first kappa shape index (κ1) is 31.0. The molecule has 5 atom stereocenters. The van der Waals surface area contributed by atoms with Crippen LogP contribution in [0.4, 0.5) is 0 Å². The zero-order chi connectivity index (χ0) is 28.3. The molecule has 0 spiro atoms. The van der Waals surface area contributed by atoms with E-state index in [9.17, 15) is 29.2 Å². The Labute approximate surface area is 219 Å². The molecule has 208 valence electrons. The zero-order valence-corrected chi connectivity index (χ0v) is 22.3.